The molecule has 0 amide bonds. The normalized spacial score (nSPS) is 10.7. The Labute approximate surface area is 87.7 Å². The summed E-state index contributed by atoms with van der Waals surface area (Å²) < 4.78 is 15.7. The minimum atomic E-state index is 0.570. The molecule has 0 bridgehead atoms. The molecule has 0 unspecified atom stereocenters. The van der Waals surface area contributed by atoms with Gasteiger partial charge in [0, 0.05) is 13.2 Å². The Balaban J connectivity index is 2.78. The zero-order chi connectivity index (χ0) is 10.5. The van der Waals surface area contributed by atoms with E-state index in [4.69, 9.17) is 21.1 Å². The molecule has 0 N–H and O–H groups in total. The lowest BCUT2D eigenvalue weighted by Crippen LogP contribution is -2.10. The van der Waals surface area contributed by atoms with Crippen molar-refractivity contribution in [2.24, 2.45) is 0 Å². The van der Waals surface area contributed by atoms with Crippen molar-refractivity contribution in [2.45, 2.75) is 26.2 Å². The van der Waals surface area contributed by atoms with Crippen LogP contribution in [0.1, 0.15) is 26.2 Å². The topological polar surface area (TPSA) is 27.7 Å². The minimum Gasteiger partial charge on any atom is -0.379 e. The van der Waals surface area contributed by atoms with E-state index in [-0.39, 0.29) is 0 Å². The Morgan fingerprint density at radius 2 is 1.29 bits per heavy atom. The average Bonchev–Trinajstić information content (AvgIpc) is 2.21. The van der Waals surface area contributed by atoms with Gasteiger partial charge < -0.3 is 14.2 Å². The molecule has 3 nitrogen and oxygen atoms in total. The lowest BCUT2D eigenvalue weighted by molar-refractivity contribution is 0.0148. The summed E-state index contributed by atoms with van der Waals surface area (Å²) in [5.74, 6) is 0. The van der Waals surface area contributed by atoms with Crippen LogP contribution in [-0.2, 0) is 14.2 Å². The maximum atomic E-state index is 5.32. The van der Waals surface area contributed by atoms with E-state index < -0.39 is 0 Å². The Morgan fingerprint density at radius 3 is 1.79 bits per heavy atom. The molecule has 0 atom stereocenters. The molecule has 0 aromatic rings. The van der Waals surface area contributed by atoms with E-state index in [1.54, 1.807) is 0 Å². The van der Waals surface area contributed by atoms with Gasteiger partial charge in [-0.1, -0.05) is 13.3 Å². The van der Waals surface area contributed by atoms with E-state index in [0.717, 1.165) is 13.0 Å². The quantitative estimate of drug-likeness (QED) is 0.479. The van der Waals surface area contributed by atoms with E-state index in [2.05, 4.69) is 6.92 Å². The molecule has 0 saturated carbocycles. The molecule has 0 heterocycles. The Kier molecular flexibility index (Phi) is 12.8. The number of unbranched alkanes of at least 4 members (excludes halogenated alkanes) is 1. The van der Waals surface area contributed by atoms with Crippen LogP contribution in [0.4, 0.5) is 0 Å². The van der Waals surface area contributed by atoms with Gasteiger partial charge in [0.25, 0.3) is 0 Å². The number of rotatable bonds is 11. The molecule has 0 rings (SSSR count). The van der Waals surface area contributed by atoms with Crippen molar-refractivity contribution < 1.29 is 14.2 Å². The highest BCUT2D eigenvalue weighted by Gasteiger charge is 1.90. The zero-order valence-corrected chi connectivity index (χ0v) is 9.17. The monoisotopic (exact) mass is 202 g/mol. The lowest BCUT2D eigenvalue weighted by Gasteiger charge is -2.05. The van der Waals surface area contributed by atoms with Crippen molar-refractivity contribution in [3.63, 3.8) is 0 Å². The van der Waals surface area contributed by atoms with Crippen molar-refractivity contribution in [3.05, 3.63) is 6.92 Å². The van der Waals surface area contributed by atoms with E-state index in [0.29, 0.717) is 39.5 Å². The van der Waals surface area contributed by atoms with Gasteiger partial charge in [0.05, 0.1) is 26.4 Å². The molecule has 3 heteroatoms. The molecule has 2 radical (unpaired) electrons. The molecule has 0 fully saturated rings. The first kappa shape index (κ1) is 13.9. The Hall–Kier alpha value is -0.120. The van der Waals surface area contributed by atoms with Crippen LogP contribution >= 0.6 is 0 Å². The van der Waals surface area contributed by atoms with Crippen LogP contribution in [0.15, 0.2) is 0 Å². The molecule has 84 valence electrons. The standard InChI is InChI=1S/C11H22O3/c1-3-5-7-13-9-11-14-10-8-12-6-4-2/h2H,3-11H2,1H3. The highest BCUT2D eigenvalue weighted by Crippen LogP contribution is 1.88. The first-order chi connectivity index (χ1) is 6.91. The fraction of sp³-hybridized carbons (Fsp3) is 0.909. The number of hydrogen-bond donors (Lipinski definition) is 0. The van der Waals surface area contributed by atoms with Crippen LogP contribution in [0, 0.1) is 6.92 Å². The predicted octanol–water partition coefficient (Wildman–Crippen LogP) is 1.94. The van der Waals surface area contributed by atoms with E-state index in [1.807, 2.05) is 0 Å². The van der Waals surface area contributed by atoms with Gasteiger partial charge in [-0.05, 0) is 19.8 Å². The average molecular weight is 202 g/mol. The van der Waals surface area contributed by atoms with Crippen molar-refractivity contribution in [1.82, 2.24) is 0 Å². The SMILES string of the molecule is [CH]CCOCCOCCOCCCC. The van der Waals surface area contributed by atoms with Crippen LogP contribution in [0.5, 0.6) is 0 Å². The van der Waals surface area contributed by atoms with E-state index >= 15 is 0 Å². The fourth-order valence-electron chi connectivity index (χ4n) is 0.872. The highest BCUT2D eigenvalue weighted by atomic mass is 16.5. The van der Waals surface area contributed by atoms with Crippen molar-refractivity contribution >= 4 is 0 Å². The third-order valence-electron chi connectivity index (χ3n) is 1.65. The summed E-state index contributed by atoms with van der Waals surface area (Å²) in [5.41, 5.74) is 0. The van der Waals surface area contributed by atoms with E-state index in [9.17, 15) is 0 Å². The molecule has 0 aliphatic rings. The second kappa shape index (κ2) is 12.9. The predicted molar refractivity (Wildman–Crippen MR) is 56.3 cm³/mol. The molecule has 0 spiro atoms. The molecular weight excluding hydrogens is 180 g/mol. The van der Waals surface area contributed by atoms with Gasteiger partial charge in [-0.2, -0.15) is 0 Å². The first-order valence-electron chi connectivity index (χ1n) is 5.35. The molecule has 0 saturated heterocycles. The number of ether oxygens (including phenoxy) is 3. The van der Waals surface area contributed by atoms with Gasteiger partial charge in [0.1, 0.15) is 0 Å². The second-order valence-corrected chi connectivity index (χ2v) is 2.98. The van der Waals surface area contributed by atoms with Crippen LogP contribution in [0.2, 0.25) is 0 Å². The molecule has 0 aromatic carbocycles. The zero-order valence-electron chi connectivity index (χ0n) is 9.17. The summed E-state index contributed by atoms with van der Waals surface area (Å²) in [6.45, 7) is 11.4. The van der Waals surface area contributed by atoms with Crippen molar-refractivity contribution in [2.75, 3.05) is 39.6 Å². The molecule has 0 aliphatic heterocycles. The second-order valence-electron chi connectivity index (χ2n) is 2.98. The summed E-state index contributed by atoms with van der Waals surface area (Å²) in [6, 6.07) is 0. The Morgan fingerprint density at radius 1 is 0.786 bits per heavy atom. The van der Waals surface area contributed by atoms with Crippen molar-refractivity contribution in [3.8, 4) is 0 Å². The third kappa shape index (κ3) is 11.9. The van der Waals surface area contributed by atoms with Gasteiger partial charge in [0.15, 0.2) is 0 Å². The third-order valence-corrected chi connectivity index (χ3v) is 1.65. The van der Waals surface area contributed by atoms with Gasteiger partial charge >= 0.3 is 0 Å². The van der Waals surface area contributed by atoms with E-state index in [1.165, 1.54) is 6.42 Å². The van der Waals surface area contributed by atoms with Crippen LogP contribution in [0.25, 0.3) is 0 Å². The maximum absolute atomic E-state index is 5.32. The minimum absolute atomic E-state index is 0.570. The van der Waals surface area contributed by atoms with Crippen LogP contribution in [0.3, 0.4) is 0 Å². The summed E-state index contributed by atoms with van der Waals surface area (Å²) >= 11 is 0. The first-order valence-corrected chi connectivity index (χ1v) is 5.35. The van der Waals surface area contributed by atoms with Gasteiger partial charge in [-0.3, -0.25) is 0 Å². The van der Waals surface area contributed by atoms with Gasteiger partial charge in [-0.25, -0.2) is 0 Å². The lowest BCUT2D eigenvalue weighted by atomic mass is 10.4. The summed E-state index contributed by atoms with van der Waals surface area (Å²) in [6.07, 6.45) is 2.87. The van der Waals surface area contributed by atoms with Crippen LogP contribution < -0.4 is 0 Å². The smallest absolute Gasteiger partial charge is 0.0701 e. The number of hydrogen-bond acceptors (Lipinski definition) is 3. The van der Waals surface area contributed by atoms with Gasteiger partial charge in [-0.15, -0.1) is 0 Å². The highest BCUT2D eigenvalue weighted by molar-refractivity contribution is 4.37. The largest absolute Gasteiger partial charge is 0.379 e. The summed E-state index contributed by atoms with van der Waals surface area (Å²) in [7, 11) is 0. The molecule has 0 aliphatic carbocycles. The summed E-state index contributed by atoms with van der Waals surface area (Å²) in [5, 5.41) is 0. The van der Waals surface area contributed by atoms with Crippen molar-refractivity contribution in [1.29, 1.82) is 0 Å². The molecular formula is C11H22O3. The van der Waals surface area contributed by atoms with Gasteiger partial charge in [0.2, 0.25) is 0 Å². The Bertz CT molecular complexity index is 84.5. The fourth-order valence-corrected chi connectivity index (χ4v) is 0.872. The maximum Gasteiger partial charge on any atom is 0.0701 e. The molecule has 14 heavy (non-hydrogen) atoms. The van der Waals surface area contributed by atoms with Crippen LogP contribution in [-0.4, -0.2) is 39.6 Å². The summed E-state index contributed by atoms with van der Waals surface area (Å²) in [4.78, 5) is 0. The molecule has 0 aromatic heterocycles.